The van der Waals surface area contributed by atoms with Crippen molar-refractivity contribution < 1.29 is 0 Å². The summed E-state index contributed by atoms with van der Waals surface area (Å²) in [4.78, 5) is 0. The maximum absolute atomic E-state index is 5.77. The fourth-order valence-corrected chi connectivity index (χ4v) is 1.23. The maximum Gasteiger partial charge on any atom is 0.158 e. The zero-order chi connectivity index (χ0) is 7.84. The molecule has 11 heavy (non-hydrogen) atoms. The van der Waals surface area contributed by atoms with E-state index < -0.39 is 0 Å². The SMILES string of the molecule is [CH2]c1ccc2[nH]nc(Cl)c2c1. The van der Waals surface area contributed by atoms with Crippen molar-refractivity contribution in [2.24, 2.45) is 0 Å². The number of aromatic amines is 1. The Morgan fingerprint density at radius 1 is 1.45 bits per heavy atom. The van der Waals surface area contributed by atoms with Crippen LogP contribution in [0, 0.1) is 6.92 Å². The van der Waals surface area contributed by atoms with Gasteiger partial charge in [0.05, 0.1) is 5.52 Å². The molecule has 0 aliphatic rings. The number of hydrogen-bond acceptors (Lipinski definition) is 1. The highest BCUT2D eigenvalue weighted by Gasteiger charge is 2.00. The van der Waals surface area contributed by atoms with Crippen LogP contribution < -0.4 is 0 Å². The minimum Gasteiger partial charge on any atom is -0.276 e. The summed E-state index contributed by atoms with van der Waals surface area (Å²) in [5.74, 6) is 0. The van der Waals surface area contributed by atoms with Gasteiger partial charge in [0.15, 0.2) is 5.15 Å². The van der Waals surface area contributed by atoms with Gasteiger partial charge in [-0.2, -0.15) is 5.10 Å². The summed E-state index contributed by atoms with van der Waals surface area (Å²) in [6.07, 6.45) is 0. The lowest BCUT2D eigenvalue weighted by Gasteiger charge is -1.90. The number of hydrogen-bond donors (Lipinski definition) is 1. The van der Waals surface area contributed by atoms with Crippen LogP contribution >= 0.6 is 11.6 Å². The van der Waals surface area contributed by atoms with Crippen molar-refractivity contribution in [2.45, 2.75) is 0 Å². The van der Waals surface area contributed by atoms with E-state index in [-0.39, 0.29) is 0 Å². The summed E-state index contributed by atoms with van der Waals surface area (Å²) >= 11 is 5.77. The van der Waals surface area contributed by atoms with Gasteiger partial charge >= 0.3 is 0 Å². The van der Waals surface area contributed by atoms with Crippen LogP contribution in [0.5, 0.6) is 0 Å². The molecule has 55 valence electrons. The van der Waals surface area contributed by atoms with Gasteiger partial charge in [0.25, 0.3) is 0 Å². The molecular formula is C8H6ClN2. The molecule has 0 saturated carbocycles. The Morgan fingerprint density at radius 3 is 3.09 bits per heavy atom. The topological polar surface area (TPSA) is 28.7 Å². The van der Waals surface area contributed by atoms with Gasteiger partial charge in [0.1, 0.15) is 0 Å². The first-order valence-corrected chi connectivity index (χ1v) is 3.61. The Bertz CT molecular complexity index is 392. The highest BCUT2D eigenvalue weighted by Crippen LogP contribution is 2.20. The van der Waals surface area contributed by atoms with E-state index in [2.05, 4.69) is 17.1 Å². The van der Waals surface area contributed by atoms with Crippen LogP contribution in [0.3, 0.4) is 0 Å². The number of halogens is 1. The second kappa shape index (κ2) is 2.24. The Labute approximate surface area is 69.2 Å². The molecule has 1 radical (unpaired) electrons. The average molecular weight is 166 g/mol. The molecule has 0 amide bonds. The number of nitrogens with zero attached hydrogens (tertiary/aromatic N) is 1. The predicted octanol–water partition coefficient (Wildman–Crippen LogP) is 2.40. The van der Waals surface area contributed by atoms with Crippen LogP contribution in [-0.4, -0.2) is 10.2 Å². The van der Waals surface area contributed by atoms with Gasteiger partial charge in [0, 0.05) is 5.39 Å². The van der Waals surface area contributed by atoms with Gasteiger partial charge in [0.2, 0.25) is 0 Å². The molecule has 1 heterocycles. The normalized spacial score (nSPS) is 10.7. The first kappa shape index (κ1) is 6.68. The van der Waals surface area contributed by atoms with Gasteiger partial charge in [-0.25, -0.2) is 0 Å². The molecule has 0 aliphatic heterocycles. The van der Waals surface area contributed by atoms with Crippen molar-refractivity contribution in [2.75, 3.05) is 0 Å². The van der Waals surface area contributed by atoms with E-state index in [1.54, 1.807) is 0 Å². The fourth-order valence-electron chi connectivity index (χ4n) is 1.03. The highest BCUT2D eigenvalue weighted by atomic mass is 35.5. The summed E-state index contributed by atoms with van der Waals surface area (Å²) in [5, 5.41) is 8.09. The molecule has 2 aromatic rings. The van der Waals surface area contributed by atoms with E-state index in [4.69, 9.17) is 11.6 Å². The van der Waals surface area contributed by atoms with E-state index in [0.717, 1.165) is 16.5 Å². The standard InChI is InChI=1S/C8H6ClN2/c1-5-2-3-7-6(4-5)8(9)11-10-7/h2-4H,1H2,(H,10,11). The van der Waals surface area contributed by atoms with Crippen molar-refractivity contribution >= 4 is 22.5 Å². The summed E-state index contributed by atoms with van der Waals surface area (Å²) in [6, 6.07) is 5.73. The second-order valence-corrected chi connectivity index (χ2v) is 2.75. The Kier molecular flexibility index (Phi) is 1.36. The molecule has 1 aromatic carbocycles. The number of H-pyrrole nitrogens is 1. The number of nitrogens with one attached hydrogen (secondary N) is 1. The monoisotopic (exact) mass is 165 g/mol. The molecule has 1 aromatic heterocycles. The van der Waals surface area contributed by atoms with E-state index in [0.29, 0.717) is 5.15 Å². The van der Waals surface area contributed by atoms with E-state index in [1.807, 2.05) is 18.2 Å². The number of aromatic nitrogens is 2. The van der Waals surface area contributed by atoms with E-state index >= 15 is 0 Å². The Hall–Kier alpha value is -1.02. The van der Waals surface area contributed by atoms with Crippen LogP contribution in [0.1, 0.15) is 5.56 Å². The average Bonchev–Trinajstić information content (AvgIpc) is 2.33. The van der Waals surface area contributed by atoms with Gasteiger partial charge in [-0.15, -0.1) is 0 Å². The lowest BCUT2D eigenvalue weighted by atomic mass is 10.2. The second-order valence-electron chi connectivity index (χ2n) is 2.39. The van der Waals surface area contributed by atoms with E-state index in [9.17, 15) is 0 Å². The van der Waals surface area contributed by atoms with Crippen LogP contribution in [-0.2, 0) is 0 Å². The molecule has 0 atom stereocenters. The maximum atomic E-state index is 5.77. The molecule has 3 heteroatoms. The van der Waals surface area contributed by atoms with E-state index in [1.165, 1.54) is 0 Å². The first-order valence-electron chi connectivity index (χ1n) is 3.23. The number of fused-ring (bicyclic) bond motifs is 1. The zero-order valence-electron chi connectivity index (χ0n) is 5.76. The van der Waals surface area contributed by atoms with Crippen molar-refractivity contribution in [3.63, 3.8) is 0 Å². The zero-order valence-corrected chi connectivity index (χ0v) is 6.52. The molecule has 0 saturated heterocycles. The first-order chi connectivity index (χ1) is 5.27. The van der Waals surface area contributed by atoms with Crippen LogP contribution in [0.15, 0.2) is 18.2 Å². The third-order valence-corrected chi connectivity index (χ3v) is 1.87. The Balaban J connectivity index is 2.87. The summed E-state index contributed by atoms with van der Waals surface area (Å²) < 4.78 is 0. The molecule has 0 bridgehead atoms. The largest absolute Gasteiger partial charge is 0.276 e. The minimum atomic E-state index is 0.505. The third kappa shape index (κ3) is 0.994. The number of rotatable bonds is 0. The minimum absolute atomic E-state index is 0.505. The van der Waals surface area contributed by atoms with Crippen LogP contribution in [0.25, 0.3) is 10.9 Å². The van der Waals surface area contributed by atoms with Gasteiger partial charge in [-0.3, -0.25) is 5.10 Å². The molecule has 2 rings (SSSR count). The third-order valence-electron chi connectivity index (χ3n) is 1.58. The highest BCUT2D eigenvalue weighted by molar-refractivity contribution is 6.34. The van der Waals surface area contributed by atoms with Crippen molar-refractivity contribution in [1.82, 2.24) is 10.2 Å². The van der Waals surface area contributed by atoms with Crippen molar-refractivity contribution in [3.05, 3.63) is 35.8 Å². The summed E-state index contributed by atoms with van der Waals surface area (Å²) in [6.45, 7) is 3.79. The number of benzene rings is 1. The predicted molar refractivity (Wildman–Crippen MR) is 45.6 cm³/mol. The quantitative estimate of drug-likeness (QED) is 0.638. The Morgan fingerprint density at radius 2 is 2.27 bits per heavy atom. The smallest absolute Gasteiger partial charge is 0.158 e. The molecule has 0 fully saturated rings. The summed E-state index contributed by atoms with van der Waals surface area (Å²) in [5.41, 5.74) is 1.89. The summed E-state index contributed by atoms with van der Waals surface area (Å²) in [7, 11) is 0. The molecule has 0 spiro atoms. The molecule has 0 aliphatic carbocycles. The molecule has 0 unspecified atom stereocenters. The van der Waals surface area contributed by atoms with Crippen molar-refractivity contribution in [3.8, 4) is 0 Å². The van der Waals surface area contributed by atoms with Crippen LogP contribution in [0.4, 0.5) is 0 Å². The van der Waals surface area contributed by atoms with Crippen LogP contribution in [0.2, 0.25) is 5.15 Å². The van der Waals surface area contributed by atoms with Gasteiger partial charge in [-0.1, -0.05) is 17.7 Å². The molecular weight excluding hydrogens is 160 g/mol. The lowest BCUT2D eigenvalue weighted by Crippen LogP contribution is -1.70. The molecule has 2 nitrogen and oxygen atoms in total. The van der Waals surface area contributed by atoms with Gasteiger partial charge < -0.3 is 0 Å². The molecule has 1 N–H and O–H groups in total. The lowest BCUT2D eigenvalue weighted by molar-refractivity contribution is 1.12. The van der Waals surface area contributed by atoms with Crippen molar-refractivity contribution in [1.29, 1.82) is 0 Å². The van der Waals surface area contributed by atoms with Gasteiger partial charge in [-0.05, 0) is 24.6 Å². The fraction of sp³-hybridized carbons (Fsp3) is 0.